The molecule has 86 valence electrons. The molecule has 0 aliphatic carbocycles. The lowest BCUT2D eigenvalue weighted by Crippen LogP contribution is -2.56. The van der Waals surface area contributed by atoms with Gasteiger partial charge in [-0.05, 0) is 32.2 Å². The molecule has 0 radical (unpaired) electrons. The van der Waals surface area contributed by atoms with Gasteiger partial charge in [0.1, 0.15) is 0 Å². The number of carbonyl (C=O) groups is 1. The van der Waals surface area contributed by atoms with Gasteiger partial charge in [0, 0.05) is 12.6 Å². The van der Waals surface area contributed by atoms with Crippen LogP contribution in [0, 0.1) is 11.8 Å². The first kappa shape index (κ1) is 10.9. The number of esters is 1. The van der Waals surface area contributed by atoms with E-state index in [4.69, 9.17) is 4.74 Å². The van der Waals surface area contributed by atoms with Crippen LogP contribution in [-0.4, -0.2) is 48.3 Å². The van der Waals surface area contributed by atoms with Gasteiger partial charge in [0.15, 0.2) is 0 Å². The molecule has 0 spiro atoms. The zero-order valence-corrected chi connectivity index (χ0v) is 9.19. The van der Waals surface area contributed by atoms with Crippen LogP contribution in [0.2, 0.25) is 0 Å². The van der Waals surface area contributed by atoms with Crippen molar-refractivity contribution in [3.8, 4) is 0 Å². The van der Waals surface area contributed by atoms with Crippen LogP contribution in [0.4, 0.5) is 0 Å². The molecular formula is C11H19NO3. The van der Waals surface area contributed by atoms with E-state index in [-0.39, 0.29) is 24.5 Å². The molecule has 4 heteroatoms. The summed E-state index contributed by atoms with van der Waals surface area (Å²) in [5.41, 5.74) is 0. The van der Waals surface area contributed by atoms with E-state index in [1.807, 2.05) is 6.92 Å². The minimum Gasteiger partial charge on any atom is -0.466 e. The quantitative estimate of drug-likeness (QED) is 0.683. The molecule has 0 amide bonds. The standard InChI is InChI=1S/C11H19NO3/c1-2-15-11(14)10-6-12-4-3-8(10)5-9(12)7-13/h8-10,13H,2-7H2,1H3. The van der Waals surface area contributed by atoms with Crippen molar-refractivity contribution in [2.24, 2.45) is 11.8 Å². The van der Waals surface area contributed by atoms with Crippen molar-refractivity contribution in [2.45, 2.75) is 25.8 Å². The summed E-state index contributed by atoms with van der Waals surface area (Å²) in [6, 6.07) is 0.273. The molecule has 0 aromatic rings. The fraction of sp³-hybridized carbons (Fsp3) is 0.909. The summed E-state index contributed by atoms with van der Waals surface area (Å²) >= 11 is 0. The molecule has 3 fully saturated rings. The van der Waals surface area contributed by atoms with Crippen molar-refractivity contribution in [3.05, 3.63) is 0 Å². The highest BCUT2D eigenvalue weighted by Gasteiger charge is 2.43. The number of piperidine rings is 3. The molecule has 1 N–H and O–H groups in total. The lowest BCUT2D eigenvalue weighted by molar-refractivity contribution is -0.157. The number of ether oxygens (including phenoxy) is 1. The summed E-state index contributed by atoms with van der Waals surface area (Å²) in [6.07, 6.45) is 2.01. The van der Waals surface area contributed by atoms with Gasteiger partial charge in [0.25, 0.3) is 0 Å². The Bertz CT molecular complexity index is 244. The Balaban J connectivity index is 1.98. The fourth-order valence-corrected chi connectivity index (χ4v) is 2.84. The van der Waals surface area contributed by atoms with Crippen molar-refractivity contribution in [1.29, 1.82) is 0 Å². The summed E-state index contributed by atoms with van der Waals surface area (Å²) in [4.78, 5) is 13.9. The predicted molar refractivity (Wildman–Crippen MR) is 55.3 cm³/mol. The van der Waals surface area contributed by atoms with Gasteiger partial charge in [-0.15, -0.1) is 0 Å². The minimum atomic E-state index is -0.0522. The molecule has 15 heavy (non-hydrogen) atoms. The maximum Gasteiger partial charge on any atom is 0.310 e. The summed E-state index contributed by atoms with van der Waals surface area (Å²) in [5, 5.41) is 9.18. The molecule has 2 bridgehead atoms. The fourth-order valence-electron chi connectivity index (χ4n) is 2.84. The largest absolute Gasteiger partial charge is 0.466 e. The third-order valence-electron chi connectivity index (χ3n) is 3.68. The zero-order valence-electron chi connectivity index (χ0n) is 9.19. The van der Waals surface area contributed by atoms with E-state index in [1.165, 1.54) is 0 Å². The molecule has 0 saturated carbocycles. The second-order valence-corrected chi connectivity index (χ2v) is 4.47. The van der Waals surface area contributed by atoms with E-state index < -0.39 is 0 Å². The maximum atomic E-state index is 11.7. The highest BCUT2D eigenvalue weighted by Crippen LogP contribution is 2.36. The van der Waals surface area contributed by atoms with Crippen LogP contribution in [0.5, 0.6) is 0 Å². The molecule has 3 aliphatic heterocycles. The topological polar surface area (TPSA) is 49.8 Å². The monoisotopic (exact) mass is 213 g/mol. The van der Waals surface area contributed by atoms with Crippen LogP contribution in [0.3, 0.4) is 0 Å². The van der Waals surface area contributed by atoms with Gasteiger partial charge < -0.3 is 9.84 Å². The SMILES string of the molecule is CCOC(=O)C1CN2CCC1CC2CO. The van der Waals surface area contributed by atoms with E-state index >= 15 is 0 Å². The summed E-state index contributed by atoms with van der Waals surface area (Å²) in [6.45, 7) is 4.31. The summed E-state index contributed by atoms with van der Waals surface area (Å²) < 4.78 is 5.07. The number of rotatable bonds is 3. The molecule has 3 rings (SSSR count). The van der Waals surface area contributed by atoms with Crippen molar-refractivity contribution in [3.63, 3.8) is 0 Å². The molecule has 4 unspecified atom stereocenters. The lowest BCUT2D eigenvalue weighted by Gasteiger charge is -2.48. The first-order chi connectivity index (χ1) is 7.26. The van der Waals surface area contributed by atoms with Crippen LogP contribution in [0.25, 0.3) is 0 Å². The predicted octanol–water partition coefficient (Wildman–Crippen LogP) is 0.252. The van der Waals surface area contributed by atoms with Gasteiger partial charge in [-0.25, -0.2) is 0 Å². The lowest BCUT2D eigenvalue weighted by atomic mass is 9.76. The minimum absolute atomic E-state index is 0.0431. The Morgan fingerprint density at radius 3 is 2.93 bits per heavy atom. The molecule has 0 aromatic carbocycles. The van der Waals surface area contributed by atoms with Gasteiger partial charge in [-0.2, -0.15) is 0 Å². The maximum absolute atomic E-state index is 11.7. The van der Waals surface area contributed by atoms with E-state index in [0.717, 1.165) is 25.9 Å². The number of nitrogens with zero attached hydrogens (tertiary/aromatic N) is 1. The molecule has 4 nitrogen and oxygen atoms in total. The number of hydrogen-bond donors (Lipinski definition) is 1. The van der Waals surface area contributed by atoms with E-state index in [1.54, 1.807) is 0 Å². The normalized spacial score (nSPS) is 39.1. The van der Waals surface area contributed by atoms with E-state index in [0.29, 0.717) is 12.5 Å². The van der Waals surface area contributed by atoms with Crippen molar-refractivity contribution in [2.75, 3.05) is 26.3 Å². The Morgan fingerprint density at radius 1 is 1.60 bits per heavy atom. The Morgan fingerprint density at radius 2 is 2.40 bits per heavy atom. The van der Waals surface area contributed by atoms with Crippen LogP contribution in [0.15, 0.2) is 0 Å². The summed E-state index contributed by atoms with van der Waals surface area (Å²) in [7, 11) is 0. The number of fused-ring (bicyclic) bond motifs is 3. The van der Waals surface area contributed by atoms with E-state index in [2.05, 4.69) is 4.90 Å². The van der Waals surface area contributed by atoms with Crippen molar-refractivity contribution in [1.82, 2.24) is 4.90 Å². The molecule has 0 aromatic heterocycles. The third kappa shape index (κ3) is 2.01. The highest BCUT2D eigenvalue weighted by atomic mass is 16.5. The van der Waals surface area contributed by atoms with Crippen LogP contribution in [-0.2, 0) is 9.53 Å². The van der Waals surface area contributed by atoms with Crippen molar-refractivity contribution < 1.29 is 14.6 Å². The van der Waals surface area contributed by atoms with Crippen LogP contribution < -0.4 is 0 Å². The van der Waals surface area contributed by atoms with Gasteiger partial charge >= 0.3 is 5.97 Å². The van der Waals surface area contributed by atoms with Gasteiger partial charge in [0.2, 0.25) is 0 Å². The van der Waals surface area contributed by atoms with Gasteiger partial charge in [-0.3, -0.25) is 9.69 Å². The highest BCUT2D eigenvalue weighted by molar-refractivity contribution is 5.73. The van der Waals surface area contributed by atoms with Gasteiger partial charge in [0.05, 0.1) is 19.1 Å². The average molecular weight is 213 g/mol. The second kappa shape index (κ2) is 4.49. The molecule has 3 saturated heterocycles. The zero-order chi connectivity index (χ0) is 10.8. The Labute approximate surface area is 90.2 Å². The smallest absolute Gasteiger partial charge is 0.310 e. The van der Waals surface area contributed by atoms with E-state index in [9.17, 15) is 9.90 Å². The molecule has 3 heterocycles. The van der Waals surface area contributed by atoms with Crippen LogP contribution >= 0.6 is 0 Å². The number of hydrogen-bond acceptors (Lipinski definition) is 4. The first-order valence-electron chi connectivity index (χ1n) is 5.77. The number of carbonyl (C=O) groups excluding carboxylic acids is 1. The third-order valence-corrected chi connectivity index (χ3v) is 3.68. The average Bonchev–Trinajstić information content (AvgIpc) is 2.29. The van der Waals surface area contributed by atoms with Crippen molar-refractivity contribution >= 4 is 5.97 Å². The molecule has 4 atom stereocenters. The summed E-state index contributed by atoms with van der Waals surface area (Å²) in [5.74, 6) is 0.413. The number of aliphatic hydroxyl groups is 1. The molecule has 3 aliphatic rings. The first-order valence-corrected chi connectivity index (χ1v) is 5.77. The molecular weight excluding hydrogens is 194 g/mol. The second-order valence-electron chi connectivity index (χ2n) is 4.47. The van der Waals surface area contributed by atoms with Gasteiger partial charge in [-0.1, -0.05) is 0 Å². The Kier molecular flexibility index (Phi) is 3.26. The Hall–Kier alpha value is -0.610. The van der Waals surface area contributed by atoms with Crippen LogP contribution in [0.1, 0.15) is 19.8 Å². The number of aliphatic hydroxyl groups excluding tert-OH is 1.